The smallest absolute Gasteiger partial charge is 0.310 e. The molecule has 2 unspecified atom stereocenters. The van der Waals surface area contributed by atoms with E-state index < -0.39 is 11.4 Å². The molecule has 2 fully saturated rings. The summed E-state index contributed by atoms with van der Waals surface area (Å²) in [6.45, 7) is 10.2. The first-order valence-corrected chi connectivity index (χ1v) is 7.33. The quantitative estimate of drug-likeness (QED) is 0.804. The van der Waals surface area contributed by atoms with Crippen LogP contribution in [0.4, 0.5) is 0 Å². The number of morpholine rings is 1. The van der Waals surface area contributed by atoms with Crippen LogP contribution in [-0.4, -0.2) is 72.9 Å². The Balaban J connectivity index is 1.86. The monoisotopic (exact) mass is 270 g/mol. The molecule has 2 aliphatic rings. The highest BCUT2D eigenvalue weighted by molar-refractivity contribution is 5.74. The van der Waals surface area contributed by atoms with Gasteiger partial charge in [0.2, 0.25) is 0 Å². The van der Waals surface area contributed by atoms with Crippen LogP contribution in [0.25, 0.3) is 0 Å². The van der Waals surface area contributed by atoms with Crippen molar-refractivity contribution in [1.29, 1.82) is 0 Å². The summed E-state index contributed by atoms with van der Waals surface area (Å²) in [6, 6.07) is 0.582. The molecule has 2 rings (SSSR count). The molecule has 1 N–H and O–H groups in total. The molecule has 0 radical (unpaired) electrons. The molecule has 19 heavy (non-hydrogen) atoms. The van der Waals surface area contributed by atoms with Gasteiger partial charge in [-0.15, -0.1) is 0 Å². The van der Waals surface area contributed by atoms with Crippen LogP contribution in [0.3, 0.4) is 0 Å². The van der Waals surface area contributed by atoms with Crippen molar-refractivity contribution in [2.45, 2.75) is 32.7 Å². The molecule has 0 saturated carbocycles. The molecule has 5 heteroatoms. The van der Waals surface area contributed by atoms with Crippen molar-refractivity contribution in [3.05, 3.63) is 0 Å². The Morgan fingerprint density at radius 2 is 2.05 bits per heavy atom. The molecule has 2 saturated heterocycles. The second-order valence-corrected chi connectivity index (χ2v) is 6.05. The second-order valence-electron chi connectivity index (χ2n) is 6.05. The third kappa shape index (κ3) is 3.46. The van der Waals surface area contributed by atoms with Crippen LogP contribution >= 0.6 is 0 Å². The zero-order valence-corrected chi connectivity index (χ0v) is 12.1. The Bertz CT molecular complexity index is 318. The fraction of sp³-hybridized carbons (Fsp3) is 0.929. The first-order valence-electron chi connectivity index (χ1n) is 7.33. The molecule has 2 heterocycles. The SMILES string of the molecule is CCC(C)(CN1CCC(N2CCOCC2)C1)C(=O)O. The van der Waals surface area contributed by atoms with E-state index in [-0.39, 0.29) is 0 Å². The first-order chi connectivity index (χ1) is 9.05. The molecule has 0 aromatic rings. The van der Waals surface area contributed by atoms with Gasteiger partial charge in [0.15, 0.2) is 0 Å². The predicted octanol–water partition coefficient (Wildman–Crippen LogP) is 0.894. The van der Waals surface area contributed by atoms with E-state index >= 15 is 0 Å². The van der Waals surface area contributed by atoms with Crippen LogP contribution in [0.2, 0.25) is 0 Å². The van der Waals surface area contributed by atoms with Crippen LogP contribution in [0.15, 0.2) is 0 Å². The van der Waals surface area contributed by atoms with Crippen molar-refractivity contribution < 1.29 is 14.6 Å². The fourth-order valence-corrected chi connectivity index (χ4v) is 3.02. The number of likely N-dealkylation sites (tertiary alicyclic amines) is 1. The van der Waals surface area contributed by atoms with Crippen molar-refractivity contribution >= 4 is 5.97 Å². The van der Waals surface area contributed by atoms with Crippen LogP contribution in [-0.2, 0) is 9.53 Å². The number of hydrogen-bond acceptors (Lipinski definition) is 4. The van der Waals surface area contributed by atoms with Crippen molar-refractivity contribution in [3.8, 4) is 0 Å². The lowest BCUT2D eigenvalue weighted by atomic mass is 9.87. The summed E-state index contributed by atoms with van der Waals surface area (Å²) in [7, 11) is 0. The standard InChI is InChI=1S/C14H26N2O3/c1-3-14(2,13(17)18)11-15-5-4-12(10-15)16-6-8-19-9-7-16/h12H,3-11H2,1-2H3,(H,17,18). The lowest BCUT2D eigenvalue weighted by Crippen LogP contribution is -2.46. The van der Waals surface area contributed by atoms with Gasteiger partial charge in [0, 0.05) is 32.2 Å². The van der Waals surface area contributed by atoms with E-state index in [2.05, 4.69) is 9.80 Å². The minimum absolute atomic E-state index is 0.582. The molecule has 0 aromatic carbocycles. The lowest BCUT2D eigenvalue weighted by Gasteiger charge is -2.33. The molecule has 0 aromatic heterocycles. The van der Waals surface area contributed by atoms with Crippen LogP contribution in [0.1, 0.15) is 26.7 Å². The summed E-state index contributed by atoms with van der Waals surface area (Å²) in [5.74, 6) is -0.676. The highest BCUT2D eigenvalue weighted by atomic mass is 16.5. The van der Waals surface area contributed by atoms with Gasteiger partial charge in [0.25, 0.3) is 0 Å². The predicted molar refractivity (Wildman–Crippen MR) is 73.3 cm³/mol. The van der Waals surface area contributed by atoms with Gasteiger partial charge in [-0.1, -0.05) is 6.92 Å². The number of nitrogens with zero attached hydrogens (tertiary/aromatic N) is 2. The van der Waals surface area contributed by atoms with Gasteiger partial charge in [-0.2, -0.15) is 0 Å². The molecular weight excluding hydrogens is 244 g/mol. The molecule has 0 bridgehead atoms. The Labute approximate surface area is 115 Å². The van der Waals surface area contributed by atoms with Crippen molar-refractivity contribution in [3.63, 3.8) is 0 Å². The number of hydrogen-bond donors (Lipinski definition) is 1. The molecule has 2 atom stereocenters. The van der Waals surface area contributed by atoms with Gasteiger partial charge in [0.05, 0.1) is 18.6 Å². The van der Waals surface area contributed by atoms with Gasteiger partial charge in [-0.3, -0.25) is 9.69 Å². The first kappa shape index (κ1) is 14.8. The second kappa shape index (κ2) is 6.20. The third-order valence-corrected chi connectivity index (χ3v) is 4.68. The zero-order chi connectivity index (χ0) is 13.9. The molecule has 0 spiro atoms. The highest BCUT2D eigenvalue weighted by Gasteiger charge is 2.37. The number of carboxylic acid groups (broad SMARTS) is 1. The average Bonchev–Trinajstić information content (AvgIpc) is 2.87. The van der Waals surface area contributed by atoms with E-state index in [9.17, 15) is 9.90 Å². The van der Waals surface area contributed by atoms with Gasteiger partial charge in [-0.25, -0.2) is 0 Å². The lowest BCUT2D eigenvalue weighted by molar-refractivity contribution is -0.149. The minimum atomic E-state index is -0.676. The normalized spacial score (nSPS) is 29.3. The number of carboxylic acids is 1. The molecular formula is C14H26N2O3. The third-order valence-electron chi connectivity index (χ3n) is 4.68. The maximum absolute atomic E-state index is 11.4. The van der Waals surface area contributed by atoms with E-state index in [1.54, 1.807) is 0 Å². The van der Waals surface area contributed by atoms with Gasteiger partial charge in [0.1, 0.15) is 0 Å². The van der Waals surface area contributed by atoms with E-state index in [1.807, 2.05) is 13.8 Å². The van der Waals surface area contributed by atoms with Crippen LogP contribution < -0.4 is 0 Å². The minimum Gasteiger partial charge on any atom is -0.481 e. The summed E-state index contributed by atoms with van der Waals surface area (Å²) in [4.78, 5) is 16.2. The van der Waals surface area contributed by atoms with Gasteiger partial charge in [-0.05, 0) is 26.3 Å². The molecule has 2 aliphatic heterocycles. The fourth-order valence-electron chi connectivity index (χ4n) is 3.02. The van der Waals surface area contributed by atoms with Crippen molar-refractivity contribution in [2.75, 3.05) is 45.9 Å². The van der Waals surface area contributed by atoms with E-state index in [4.69, 9.17) is 4.74 Å². The molecule has 0 aliphatic carbocycles. The molecule has 110 valence electrons. The molecule has 5 nitrogen and oxygen atoms in total. The van der Waals surface area contributed by atoms with Crippen LogP contribution in [0.5, 0.6) is 0 Å². The van der Waals surface area contributed by atoms with E-state index in [0.29, 0.717) is 19.0 Å². The van der Waals surface area contributed by atoms with Crippen molar-refractivity contribution in [2.24, 2.45) is 5.41 Å². The van der Waals surface area contributed by atoms with E-state index in [1.165, 1.54) is 0 Å². The van der Waals surface area contributed by atoms with Crippen LogP contribution in [0, 0.1) is 5.41 Å². The zero-order valence-electron chi connectivity index (χ0n) is 12.1. The number of rotatable bonds is 5. The van der Waals surface area contributed by atoms with Gasteiger partial charge >= 0.3 is 5.97 Å². The van der Waals surface area contributed by atoms with Crippen molar-refractivity contribution in [1.82, 2.24) is 9.80 Å². The van der Waals surface area contributed by atoms with E-state index in [0.717, 1.165) is 45.8 Å². The largest absolute Gasteiger partial charge is 0.481 e. The number of ether oxygens (including phenoxy) is 1. The Morgan fingerprint density at radius 1 is 1.37 bits per heavy atom. The maximum atomic E-state index is 11.4. The Kier molecular flexibility index (Phi) is 4.81. The number of carbonyl (C=O) groups is 1. The summed E-state index contributed by atoms with van der Waals surface area (Å²) < 4.78 is 5.38. The molecule has 0 amide bonds. The highest BCUT2D eigenvalue weighted by Crippen LogP contribution is 2.26. The Hall–Kier alpha value is -0.650. The summed E-state index contributed by atoms with van der Waals surface area (Å²) >= 11 is 0. The average molecular weight is 270 g/mol. The summed E-state index contributed by atoms with van der Waals surface area (Å²) in [6.07, 6.45) is 1.83. The summed E-state index contributed by atoms with van der Waals surface area (Å²) in [5.41, 5.74) is -0.611. The Morgan fingerprint density at radius 3 is 2.63 bits per heavy atom. The maximum Gasteiger partial charge on any atom is 0.310 e. The van der Waals surface area contributed by atoms with Gasteiger partial charge < -0.3 is 14.7 Å². The number of aliphatic carboxylic acids is 1. The topological polar surface area (TPSA) is 53.0 Å². The summed E-state index contributed by atoms with van der Waals surface area (Å²) in [5, 5.41) is 9.35.